The van der Waals surface area contributed by atoms with Gasteiger partial charge in [0.1, 0.15) is 11.5 Å². The number of fused-ring (bicyclic) bond motifs is 2. The van der Waals surface area contributed by atoms with Crippen LogP contribution < -0.4 is 19.9 Å². The molecular weight excluding hydrogens is 404 g/mol. The summed E-state index contributed by atoms with van der Waals surface area (Å²) in [7, 11) is 3.19. The van der Waals surface area contributed by atoms with Crippen molar-refractivity contribution in [3.63, 3.8) is 0 Å². The van der Waals surface area contributed by atoms with Gasteiger partial charge in [0.25, 0.3) is 5.91 Å². The molecule has 0 aliphatic carbocycles. The summed E-state index contributed by atoms with van der Waals surface area (Å²) in [6.07, 6.45) is 3.73. The number of benzene rings is 3. The van der Waals surface area contributed by atoms with Crippen LogP contribution in [0.5, 0.6) is 17.4 Å². The lowest BCUT2D eigenvalue weighted by Gasteiger charge is -2.07. The first-order valence-corrected chi connectivity index (χ1v) is 10.1. The molecule has 2 N–H and O–H groups in total. The SMILES string of the molecule is COc1c/c(=C\c2[nH]c(O)c3ccccc23)c(OC)c/c1=C\C1=NC(=O)c2ccccc21. The lowest BCUT2D eigenvalue weighted by molar-refractivity contribution is 0.101. The Balaban J connectivity index is 1.69. The van der Waals surface area contributed by atoms with Gasteiger partial charge in [-0.1, -0.05) is 36.4 Å². The Hall–Kier alpha value is -4.32. The van der Waals surface area contributed by atoms with Gasteiger partial charge in [0.2, 0.25) is 0 Å². The number of aromatic nitrogens is 1. The molecule has 0 saturated heterocycles. The summed E-state index contributed by atoms with van der Waals surface area (Å²) in [6, 6.07) is 18.7. The summed E-state index contributed by atoms with van der Waals surface area (Å²) in [4.78, 5) is 19.4. The van der Waals surface area contributed by atoms with Crippen molar-refractivity contribution in [2.45, 2.75) is 0 Å². The summed E-state index contributed by atoms with van der Waals surface area (Å²) in [5.74, 6) is 1.09. The third-order valence-electron chi connectivity index (χ3n) is 5.55. The van der Waals surface area contributed by atoms with Crippen LogP contribution in [-0.2, 0) is 0 Å². The van der Waals surface area contributed by atoms with E-state index in [0.29, 0.717) is 22.8 Å². The van der Waals surface area contributed by atoms with Crippen LogP contribution >= 0.6 is 0 Å². The molecule has 0 bridgehead atoms. The minimum Gasteiger partial charge on any atom is -0.496 e. The fourth-order valence-corrected chi connectivity index (χ4v) is 4.01. The van der Waals surface area contributed by atoms with E-state index in [1.54, 1.807) is 20.3 Å². The van der Waals surface area contributed by atoms with Crippen LogP contribution in [0.3, 0.4) is 0 Å². The maximum Gasteiger partial charge on any atom is 0.278 e. The fraction of sp³-hybridized carbons (Fsp3) is 0.0769. The number of aromatic hydroxyl groups is 1. The van der Waals surface area contributed by atoms with Crippen molar-refractivity contribution >= 4 is 34.5 Å². The zero-order valence-electron chi connectivity index (χ0n) is 17.5. The van der Waals surface area contributed by atoms with Gasteiger partial charge in [-0.05, 0) is 36.4 Å². The standard InChI is InChI=1S/C26H20N2O4/c1-31-23-13-16(12-22-18-8-4-6-10-20(18)26(30)28-22)24(32-2)14-15(23)11-21-17-7-3-5-9-19(17)25(29)27-21/h3-14,27,29H,1-2H3/b15-11+,16-12+. The molecule has 6 heteroatoms. The highest BCUT2D eigenvalue weighted by Crippen LogP contribution is 2.27. The number of nitrogens with zero attached hydrogens (tertiary/aromatic N) is 1. The Kier molecular flexibility index (Phi) is 4.75. The molecule has 4 aromatic rings. The van der Waals surface area contributed by atoms with E-state index >= 15 is 0 Å². The van der Waals surface area contributed by atoms with Crippen molar-refractivity contribution in [3.8, 4) is 17.4 Å². The maximum atomic E-state index is 12.2. The number of aliphatic imine (C=N–C) groups is 1. The fourth-order valence-electron chi connectivity index (χ4n) is 4.01. The third kappa shape index (κ3) is 3.22. The number of methoxy groups -OCH3 is 2. The predicted molar refractivity (Wildman–Crippen MR) is 124 cm³/mol. The van der Waals surface area contributed by atoms with Crippen LogP contribution in [-0.4, -0.2) is 35.9 Å². The number of rotatable bonds is 4. The van der Waals surface area contributed by atoms with Crippen molar-refractivity contribution in [1.29, 1.82) is 0 Å². The van der Waals surface area contributed by atoms with Crippen LogP contribution in [0.4, 0.5) is 0 Å². The highest BCUT2D eigenvalue weighted by atomic mass is 16.5. The number of amides is 1. The number of nitrogens with one attached hydrogen (secondary N) is 1. The Morgan fingerprint density at radius 1 is 0.844 bits per heavy atom. The van der Waals surface area contributed by atoms with Gasteiger partial charge in [0, 0.05) is 32.5 Å². The molecule has 158 valence electrons. The molecule has 2 heterocycles. The largest absolute Gasteiger partial charge is 0.496 e. The van der Waals surface area contributed by atoms with E-state index in [-0.39, 0.29) is 11.8 Å². The van der Waals surface area contributed by atoms with Gasteiger partial charge >= 0.3 is 0 Å². The van der Waals surface area contributed by atoms with E-state index < -0.39 is 0 Å². The third-order valence-corrected chi connectivity index (χ3v) is 5.55. The van der Waals surface area contributed by atoms with Crippen molar-refractivity contribution in [2.75, 3.05) is 14.2 Å². The number of carbonyl (C=O) groups is 1. The average molecular weight is 424 g/mol. The summed E-state index contributed by atoms with van der Waals surface area (Å²) >= 11 is 0. The number of hydrogen-bond acceptors (Lipinski definition) is 4. The lowest BCUT2D eigenvalue weighted by Crippen LogP contribution is -2.17. The van der Waals surface area contributed by atoms with E-state index in [4.69, 9.17) is 9.47 Å². The average Bonchev–Trinajstić information content (AvgIpc) is 3.31. The lowest BCUT2D eigenvalue weighted by atomic mass is 10.0. The molecule has 32 heavy (non-hydrogen) atoms. The molecule has 6 nitrogen and oxygen atoms in total. The highest BCUT2D eigenvalue weighted by Gasteiger charge is 2.21. The van der Waals surface area contributed by atoms with E-state index in [1.165, 1.54) is 0 Å². The van der Waals surface area contributed by atoms with E-state index in [0.717, 1.165) is 32.5 Å². The monoisotopic (exact) mass is 424 g/mol. The summed E-state index contributed by atoms with van der Waals surface area (Å²) in [6.45, 7) is 0. The van der Waals surface area contributed by atoms with E-state index in [1.807, 2.05) is 66.7 Å². The molecule has 3 aromatic carbocycles. The summed E-state index contributed by atoms with van der Waals surface area (Å²) in [5.41, 5.74) is 2.73. The van der Waals surface area contributed by atoms with Gasteiger partial charge in [0.15, 0.2) is 5.88 Å². The number of carbonyl (C=O) groups excluding carboxylic acids is 1. The second-order valence-electron chi connectivity index (χ2n) is 7.41. The molecule has 1 amide bonds. The zero-order chi connectivity index (χ0) is 22.2. The summed E-state index contributed by atoms with van der Waals surface area (Å²) in [5, 5.41) is 13.4. The Labute approximate surface area is 183 Å². The molecule has 1 aromatic heterocycles. The quantitative estimate of drug-likeness (QED) is 0.527. The van der Waals surface area contributed by atoms with Crippen molar-refractivity contribution in [1.82, 2.24) is 4.98 Å². The zero-order valence-corrected chi connectivity index (χ0v) is 17.5. The molecule has 1 aliphatic heterocycles. The number of hydrogen-bond donors (Lipinski definition) is 2. The van der Waals surface area contributed by atoms with Gasteiger partial charge in [-0.15, -0.1) is 0 Å². The predicted octanol–water partition coefficient (Wildman–Crippen LogP) is 3.14. The van der Waals surface area contributed by atoms with Crippen LogP contribution in [0.1, 0.15) is 21.6 Å². The number of ether oxygens (including phenoxy) is 2. The molecule has 1 aliphatic rings. The molecule has 0 unspecified atom stereocenters. The Bertz CT molecular complexity index is 1530. The van der Waals surface area contributed by atoms with Crippen LogP contribution in [0.15, 0.2) is 65.7 Å². The molecule has 0 fully saturated rings. The minimum absolute atomic E-state index is 0.116. The number of H-pyrrole nitrogens is 1. The van der Waals surface area contributed by atoms with Gasteiger partial charge in [-0.3, -0.25) is 4.79 Å². The van der Waals surface area contributed by atoms with Crippen LogP contribution in [0.2, 0.25) is 0 Å². The van der Waals surface area contributed by atoms with Crippen molar-refractivity contribution in [3.05, 3.63) is 87.9 Å². The molecule has 0 saturated carbocycles. The van der Waals surface area contributed by atoms with Gasteiger partial charge in [-0.25, -0.2) is 4.99 Å². The Morgan fingerprint density at radius 3 is 2.12 bits per heavy atom. The first-order valence-electron chi connectivity index (χ1n) is 10.1. The van der Waals surface area contributed by atoms with E-state index in [2.05, 4.69) is 9.98 Å². The minimum atomic E-state index is -0.249. The second kappa shape index (κ2) is 7.74. The maximum absolute atomic E-state index is 12.2. The molecule has 5 rings (SSSR count). The Morgan fingerprint density at radius 2 is 1.44 bits per heavy atom. The molecule has 0 radical (unpaired) electrons. The van der Waals surface area contributed by atoms with Gasteiger partial charge < -0.3 is 19.6 Å². The first kappa shape index (κ1) is 19.6. The first-order chi connectivity index (χ1) is 15.6. The highest BCUT2D eigenvalue weighted by molar-refractivity contribution is 6.32. The smallest absolute Gasteiger partial charge is 0.278 e. The van der Waals surface area contributed by atoms with Crippen LogP contribution in [0.25, 0.3) is 22.9 Å². The van der Waals surface area contributed by atoms with E-state index in [9.17, 15) is 9.90 Å². The van der Waals surface area contributed by atoms with Gasteiger partial charge in [0.05, 0.1) is 25.5 Å². The molecule has 0 atom stereocenters. The topological polar surface area (TPSA) is 83.9 Å². The second-order valence-corrected chi connectivity index (χ2v) is 7.41. The molecule has 0 spiro atoms. The van der Waals surface area contributed by atoms with Crippen molar-refractivity contribution in [2.24, 2.45) is 4.99 Å². The van der Waals surface area contributed by atoms with Crippen molar-refractivity contribution < 1.29 is 19.4 Å². The summed E-state index contributed by atoms with van der Waals surface area (Å²) < 4.78 is 11.3. The van der Waals surface area contributed by atoms with Gasteiger partial charge in [-0.2, -0.15) is 0 Å². The number of aromatic amines is 1. The molecular formula is C26H20N2O4. The normalized spacial score (nSPS) is 14.1. The van der Waals surface area contributed by atoms with Crippen LogP contribution in [0, 0.1) is 0 Å².